The molecule has 0 bridgehead atoms. The molecule has 2 aromatic rings. The summed E-state index contributed by atoms with van der Waals surface area (Å²) in [5, 5.41) is 2.94. The van der Waals surface area contributed by atoms with E-state index in [1.54, 1.807) is 13.0 Å². The van der Waals surface area contributed by atoms with Crippen LogP contribution in [0.1, 0.15) is 34.8 Å². The van der Waals surface area contributed by atoms with Crippen LogP contribution in [0.2, 0.25) is 0 Å². The molecule has 6 heteroatoms. The predicted octanol–water partition coefficient (Wildman–Crippen LogP) is 3.20. The molecular formula is C15H15F2NO3. The summed E-state index contributed by atoms with van der Waals surface area (Å²) in [6, 6.07) is 6.27. The monoisotopic (exact) mass is 295 g/mol. The standard InChI is InChI=1S/C15H15F2NO3/c1-9(14-11(16)4-3-5-12(14)17)18-8-10-6-7-13(21-10)15(19)20-2/h3-7,9,18H,8H2,1-2H3. The number of esters is 1. The highest BCUT2D eigenvalue weighted by atomic mass is 19.1. The minimum absolute atomic E-state index is 0.0303. The van der Waals surface area contributed by atoms with E-state index in [9.17, 15) is 13.6 Å². The summed E-state index contributed by atoms with van der Waals surface area (Å²) in [5.74, 6) is -1.23. The van der Waals surface area contributed by atoms with Gasteiger partial charge in [0.05, 0.1) is 13.7 Å². The van der Waals surface area contributed by atoms with Crippen LogP contribution in [0.3, 0.4) is 0 Å². The fourth-order valence-corrected chi connectivity index (χ4v) is 1.96. The summed E-state index contributed by atoms with van der Waals surface area (Å²) in [6.45, 7) is 1.87. The van der Waals surface area contributed by atoms with Gasteiger partial charge in [-0.2, -0.15) is 0 Å². The molecule has 1 N–H and O–H groups in total. The van der Waals surface area contributed by atoms with E-state index in [0.29, 0.717) is 5.76 Å². The van der Waals surface area contributed by atoms with Crippen molar-refractivity contribution >= 4 is 5.97 Å². The second-order valence-electron chi connectivity index (χ2n) is 4.50. The van der Waals surface area contributed by atoms with Gasteiger partial charge in [0.25, 0.3) is 0 Å². The SMILES string of the molecule is COC(=O)c1ccc(CNC(C)c2c(F)cccc2F)o1. The lowest BCUT2D eigenvalue weighted by molar-refractivity contribution is 0.0563. The maximum atomic E-state index is 13.6. The Morgan fingerprint density at radius 2 is 1.95 bits per heavy atom. The topological polar surface area (TPSA) is 51.5 Å². The minimum atomic E-state index is -0.607. The van der Waals surface area contributed by atoms with E-state index >= 15 is 0 Å². The first-order valence-electron chi connectivity index (χ1n) is 6.37. The molecule has 1 aromatic heterocycles. The third-order valence-electron chi connectivity index (χ3n) is 3.06. The Labute approximate surface area is 120 Å². The van der Waals surface area contributed by atoms with Gasteiger partial charge in [-0.3, -0.25) is 0 Å². The van der Waals surface area contributed by atoms with Gasteiger partial charge in [-0.1, -0.05) is 6.07 Å². The van der Waals surface area contributed by atoms with Crippen molar-refractivity contribution in [1.29, 1.82) is 0 Å². The maximum absolute atomic E-state index is 13.6. The number of hydrogen-bond donors (Lipinski definition) is 1. The number of carbonyl (C=O) groups excluding carboxylic acids is 1. The quantitative estimate of drug-likeness (QED) is 0.861. The average Bonchev–Trinajstić information content (AvgIpc) is 2.93. The van der Waals surface area contributed by atoms with Gasteiger partial charge in [0, 0.05) is 11.6 Å². The van der Waals surface area contributed by atoms with Gasteiger partial charge in [0.15, 0.2) is 0 Å². The van der Waals surface area contributed by atoms with Gasteiger partial charge in [-0.15, -0.1) is 0 Å². The van der Waals surface area contributed by atoms with E-state index in [-0.39, 0.29) is 17.9 Å². The molecule has 0 aliphatic rings. The number of methoxy groups -OCH3 is 1. The van der Waals surface area contributed by atoms with Crippen LogP contribution in [0.4, 0.5) is 8.78 Å². The Bertz CT molecular complexity index is 619. The second kappa shape index (κ2) is 6.49. The zero-order valence-corrected chi connectivity index (χ0v) is 11.7. The number of benzene rings is 1. The molecule has 0 saturated carbocycles. The van der Waals surface area contributed by atoms with E-state index in [1.807, 2.05) is 0 Å². The Morgan fingerprint density at radius 3 is 2.57 bits per heavy atom. The molecule has 1 heterocycles. The zero-order chi connectivity index (χ0) is 15.4. The van der Waals surface area contributed by atoms with Gasteiger partial charge in [0.1, 0.15) is 17.4 Å². The third kappa shape index (κ3) is 3.46. The average molecular weight is 295 g/mol. The normalized spacial score (nSPS) is 12.2. The summed E-state index contributed by atoms with van der Waals surface area (Å²) in [4.78, 5) is 11.2. The Balaban J connectivity index is 2.03. The predicted molar refractivity (Wildman–Crippen MR) is 71.7 cm³/mol. The molecule has 0 saturated heterocycles. The molecule has 0 amide bonds. The Hall–Kier alpha value is -2.21. The van der Waals surface area contributed by atoms with E-state index in [4.69, 9.17) is 4.42 Å². The van der Waals surface area contributed by atoms with Crippen LogP contribution in [-0.2, 0) is 11.3 Å². The molecule has 0 radical (unpaired) electrons. The van der Waals surface area contributed by atoms with Crippen LogP contribution in [-0.4, -0.2) is 13.1 Å². The second-order valence-corrected chi connectivity index (χ2v) is 4.50. The molecule has 0 spiro atoms. The minimum Gasteiger partial charge on any atom is -0.463 e. The zero-order valence-electron chi connectivity index (χ0n) is 11.7. The van der Waals surface area contributed by atoms with E-state index in [0.717, 1.165) is 0 Å². The summed E-state index contributed by atoms with van der Waals surface area (Å²) in [5.41, 5.74) is -0.0303. The van der Waals surface area contributed by atoms with Crippen molar-refractivity contribution < 1.29 is 22.7 Å². The first-order chi connectivity index (χ1) is 10.0. The van der Waals surface area contributed by atoms with Gasteiger partial charge in [-0.25, -0.2) is 13.6 Å². The van der Waals surface area contributed by atoms with Crippen molar-refractivity contribution in [2.45, 2.75) is 19.5 Å². The highest BCUT2D eigenvalue weighted by Crippen LogP contribution is 2.21. The largest absolute Gasteiger partial charge is 0.463 e. The van der Waals surface area contributed by atoms with E-state index in [2.05, 4.69) is 10.1 Å². The number of ether oxygens (including phenoxy) is 1. The van der Waals surface area contributed by atoms with Crippen LogP contribution < -0.4 is 5.32 Å². The fraction of sp³-hybridized carbons (Fsp3) is 0.267. The Kier molecular flexibility index (Phi) is 4.70. The Morgan fingerprint density at radius 1 is 1.29 bits per heavy atom. The van der Waals surface area contributed by atoms with Crippen molar-refractivity contribution in [3.63, 3.8) is 0 Å². The lowest BCUT2D eigenvalue weighted by atomic mass is 10.1. The highest BCUT2D eigenvalue weighted by Gasteiger charge is 2.16. The molecule has 112 valence electrons. The van der Waals surface area contributed by atoms with Gasteiger partial charge >= 0.3 is 5.97 Å². The molecule has 2 rings (SSSR count). The first kappa shape index (κ1) is 15.2. The summed E-state index contributed by atoms with van der Waals surface area (Å²) in [6.07, 6.45) is 0. The van der Waals surface area contributed by atoms with Crippen LogP contribution in [0.5, 0.6) is 0 Å². The molecule has 0 aliphatic heterocycles. The van der Waals surface area contributed by atoms with Crippen LogP contribution >= 0.6 is 0 Å². The van der Waals surface area contributed by atoms with Crippen molar-refractivity contribution in [3.05, 3.63) is 59.1 Å². The van der Waals surface area contributed by atoms with Gasteiger partial charge in [-0.05, 0) is 31.2 Å². The maximum Gasteiger partial charge on any atom is 0.373 e. The van der Waals surface area contributed by atoms with Crippen molar-refractivity contribution in [2.24, 2.45) is 0 Å². The summed E-state index contributed by atoms with van der Waals surface area (Å²) in [7, 11) is 1.26. The van der Waals surface area contributed by atoms with Crippen molar-refractivity contribution in [2.75, 3.05) is 7.11 Å². The number of halogens is 2. The third-order valence-corrected chi connectivity index (χ3v) is 3.06. The summed E-state index contributed by atoms with van der Waals surface area (Å²) < 4.78 is 37.0. The molecule has 0 fully saturated rings. The van der Waals surface area contributed by atoms with Gasteiger partial charge in [0.2, 0.25) is 5.76 Å². The number of hydrogen-bond acceptors (Lipinski definition) is 4. The molecule has 0 aliphatic carbocycles. The van der Waals surface area contributed by atoms with Crippen LogP contribution in [0.25, 0.3) is 0 Å². The van der Waals surface area contributed by atoms with Crippen molar-refractivity contribution in [1.82, 2.24) is 5.32 Å². The molecule has 4 nitrogen and oxygen atoms in total. The lowest BCUT2D eigenvalue weighted by Crippen LogP contribution is -2.20. The van der Waals surface area contributed by atoms with Crippen molar-refractivity contribution in [3.8, 4) is 0 Å². The molecular weight excluding hydrogens is 280 g/mol. The van der Waals surface area contributed by atoms with Crippen LogP contribution in [0.15, 0.2) is 34.7 Å². The fourth-order valence-electron chi connectivity index (χ4n) is 1.96. The van der Waals surface area contributed by atoms with Crippen LogP contribution in [0, 0.1) is 11.6 Å². The molecule has 1 atom stereocenters. The van der Waals surface area contributed by atoms with Gasteiger partial charge < -0.3 is 14.5 Å². The number of rotatable bonds is 5. The highest BCUT2D eigenvalue weighted by molar-refractivity contribution is 5.86. The molecule has 1 unspecified atom stereocenters. The molecule has 1 aromatic carbocycles. The molecule has 21 heavy (non-hydrogen) atoms. The van der Waals surface area contributed by atoms with E-state index in [1.165, 1.54) is 31.4 Å². The number of nitrogens with one attached hydrogen (secondary N) is 1. The van der Waals surface area contributed by atoms with E-state index < -0.39 is 23.6 Å². The number of carbonyl (C=O) groups is 1. The smallest absolute Gasteiger partial charge is 0.373 e. The lowest BCUT2D eigenvalue weighted by Gasteiger charge is -2.14. The number of furan rings is 1. The summed E-state index contributed by atoms with van der Waals surface area (Å²) >= 11 is 0. The first-order valence-corrected chi connectivity index (χ1v) is 6.37.